The average molecular weight is 347 g/mol. The number of hydrogen-bond acceptors (Lipinski definition) is 3. The second kappa shape index (κ2) is 8.83. The molecule has 0 saturated carbocycles. The summed E-state index contributed by atoms with van der Waals surface area (Å²) in [5.74, 6) is 0. The van der Waals surface area contributed by atoms with E-state index in [0.29, 0.717) is 6.61 Å². The number of rotatable bonds is 6. The van der Waals surface area contributed by atoms with Crippen LogP contribution in [0.1, 0.15) is 11.1 Å². The molecule has 0 spiro atoms. The standard InChI is InChI=1S/C22H21NO3/c1-23(26-17-18-8-4-2-5-9-18)22(24)25-16-19-12-14-21(15-13-19)20-10-6-3-7-11-20/h2-15H,16-17H2,1H3. The maximum atomic E-state index is 12.0. The lowest BCUT2D eigenvalue weighted by Crippen LogP contribution is -2.27. The Labute approximate surface area is 153 Å². The zero-order chi connectivity index (χ0) is 18.2. The summed E-state index contributed by atoms with van der Waals surface area (Å²) in [6.45, 7) is 0.519. The molecule has 0 bridgehead atoms. The molecule has 0 heterocycles. The third-order valence-corrected chi connectivity index (χ3v) is 3.95. The van der Waals surface area contributed by atoms with Crippen molar-refractivity contribution >= 4 is 6.09 Å². The van der Waals surface area contributed by atoms with Gasteiger partial charge in [-0.3, -0.25) is 4.84 Å². The number of ether oxygens (including phenoxy) is 1. The number of benzene rings is 3. The zero-order valence-corrected chi connectivity index (χ0v) is 14.7. The molecular formula is C22H21NO3. The Morgan fingerprint density at radius 3 is 1.92 bits per heavy atom. The van der Waals surface area contributed by atoms with Crippen molar-refractivity contribution in [3.63, 3.8) is 0 Å². The lowest BCUT2D eigenvalue weighted by molar-refractivity contribution is -0.130. The highest BCUT2D eigenvalue weighted by atomic mass is 16.7. The summed E-state index contributed by atoms with van der Waals surface area (Å²) in [6, 6.07) is 27.8. The van der Waals surface area contributed by atoms with Gasteiger partial charge in [0.25, 0.3) is 0 Å². The first-order valence-corrected chi connectivity index (χ1v) is 8.44. The van der Waals surface area contributed by atoms with Gasteiger partial charge in [0.1, 0.15) is 13.2 Å². The third-order valence-electron chi connectivity index (χ3n) is 3.95. The number of hydrogen-bond donors (Lipinski definition) is 0. The van der Waals surface area contributed by atoms with Crippen molar-refractivity contribution in [3.8, 4) is 11.1 Å². The smallest absolute Gasteiger partial charge is 0.434 e. The molecule has 3 aromatic carbocycles. The van der Waals surface area contributed by atoms with Crippen LogP contribution in [0.4, 0.5) is 4.79 Å². The Kier molecular flexibility index (Phi) is 6.01. The summed E-state index contributed by atoms with van der Waals surface area (Å²) in [5, 5.41) is 1.12. The van der Waals surface area contributed by atoms with E-state index in [9.17, 15) is 4.79 Å². The summed E-state index contributed by atoms with van der Waals surface area (Å²) in [4.78, 5) is 17.4. The fourth-order valence-electron chi connectivity index (χ4n) is 2.46. The van der Waals surface area contributed by atoms with Gasteiger partial charge in [0, 0.05) is 7.05 Å². The molecule has 0 aliphatic heterocycles. The molecule has 0 aromatic heterocycles. The van der Waals surface area contributed by atoms with Crippen molar-refractivity contribution in [1.82, 2.24) is 5.06 Å². The van der Waals surface area contributed by atoms with Crippen LogP contribution in [-0.4, -0.2) is 18.2 Å². The Morgan fingerprint density at radius 2 is 1.27 bits per heavy atom. The quantitative estimate of drug-likeness (QED) is 0.586. The first kappa shape index (κ1) is 17.7. The van der Waals surface area contributed by atoms with Crippen LogP contribution in [0.15, 0.2) is 84.9 Å². The third kappa shape index (κ3) is 4.94. The molecule has 0 atom stereocenters. The topological polar surface area (TPSA) is 38.8 Å². The summed E-state index contributed by atoms with van der Waals surface area (Å²) in [5.41, 5.74) is 4.20. The summed E-state index contributed by atoms with van der Waals surface area (Å²) < 4.78 is 5.29. The molecule has 4 nitrogen and oxygen atoms in total. The summed E-state index contributed by atoms with van der Waals surface area (Å²) in [7, 11) is 1.55. The summed E-state index contributed by atoms with van der Waals surface area (Å²) >= 11 is 0. The lowest BCUT2D eigenvalue weighted by Gasteiger charge is -2.16. The van der Waals surface area contributed by atoms with E-state index >= 15 is 0 Å². The Morgan fingerprint density at radius 1 is 0.731 bits per heavy atom. The predicted molar refractivity (Wildman–Crippen MR) is 101 cm³/mol. The lowest BCUT2D eigenvalue weighted by atomic mass is 10.0. The van der Waals surface area contributed by atoms with E-state index in [2.05, 4.69) is 12.1 Å². The monoisotopic (exact) mass is 347 g/mol. The van der Waals surface area contributed by atoms with E-state index in [1.807, 2.05) is 72.8 Å². The van der Waals surface area contributed by atoms with Gasteiger partial charge in [-0.2, -0.15) is 5.06 Å². The molecule has 0 unspecified atom stereocenters. The number of carbonyl (C=O) groups is 1. The second-order valence-corrected chi connectivity index (χ2v) is 5.87. The van der Waals surface area contributed by atoms with Gasteiger partial charge in [-0.05, 0) is 22.3 Å². The number of nitrogens with zero attached hydrogens (tertiary/aromatic N) is 1. The van der Waals surface area contributed by atoms with Gasteiger partial charge in [0.15, 0.2) is 0 Å². The molecule has 0 aliphatic rings. The molecule has 0 saturated heterocycles. The fourth-order valence-corrected chi connectivity index (χ4v) is 2.46. The highest BCUT2D eigenvalue weighted by molar-refractivity contribution is 5.66. The molecule has 0 radical (unpaired) electrons. The van der Waals surface area contributed by atoms with Gasteiger partial charge in [-0.25, -0.2) is 4.79 Å². The first-order valence-electron chi connectivity index (χ1n) is 8.44. The van der Waals surface area contributed by atoms with Crippen molar-refractivity contribution in [2.45, 2.75) is 13.2 Å². The Balaban J connectivity index is 1.48. The largest absolute Gasteiger partial charge is 0.443 e. The number of carbonyl (C=O) groups excluding carboxylic acids is 1. The molecular weight excluding hydrogens is 326 g/mol. The average Bonchev–Trinajstić information content (AvgIpc) is 2.72. The van der Waals surface area contributed by atoms with Gasteiger partial charge in [-0.1, -0.05) is 84.9 Å². The van der Waals surface area contributed by atoms with Crippen molar-refractivity contribution in [3.05, 3.63) is 96.1 Å². The predicted octanol–water partition coefficient (Wildman–Crippen LogP) is 5.05. The van der Waals surface area contributed by atoms with Crippen molar-refractivity contribution in [2.75, 3.05) is 7.05 Å². The second-order valence-electron chi connectivity index (χ2n) is 5.87. The molecule has 0 aliphatic carbocycles. The molecule has 4 heteroatoms. The van der Waals surface area contributed by atoms with E-state index in [0.717, 1.165) is 27.3 Å². The minimum absolute atomic E-state index is 0.201. The van der Waals surface area contributed by atoms with Crippen LogP contribution in [0.25, 0.3) is 11.1 Å². The molecule has 3 aromatic rings. The maximum Gasteiger partial charge on any atom is 0.434 e. The van der Waals surface area contributed by atoms with E-state index < -0.39 is 6.09 Å². The SMILES string of the molecule is CN(OCc1ccccc1)C(=O)OCc1ccc(-c2ccccc2)cc1. The van der Waals surface area contributed by atoms with Crippen molar-refractivity contribution in [1.29, 1.82) is 0 Å². The minimum atomic E-state index is -0.520. The van der Waals surface area contributed by atoms with Gasteiger partial charge in [0.05, 0.1) is 0 Å². The van der Waals surface area contributed by atoms with Gasteiger partial charge in [0.2, 0.25) is 0 Å². The number of hydroxylamine groups is 2. The first-order chi connectivity index (χ1) is 12.7. The molecule has 0 N–H and O–H groups in total. The van der Waals surface area contributed by atoms with E-state index in [1.165, 1.54) is 0 Å². The van der Waals surface area contributed by atoms with Crippen LogP contribution >= 0.6 is 0 Å². The maximum absolute atomic E-state index is 12.0. The molecule has 132 valence electrons. The van der Waals surface area contributed by atoms with Crippen LogP contribution in [0.5, 0.6) is 0 Å². The molecule has 1 amide bonds. The van der Waals surface area contributed by atoms with Gasteiger partial charge < -0.3 is 4.74 Å². The number of amides is 1. The Bertz CT molecular complexity index is 817. The molecule has 3 rings (SSSR count). The normalized spacial score (nSPS) is 10.3. The summed E-state index contributed by atoms with van der Waals surface area (Å²) in [6.07, 6.45) is -0.520. The molecule has 0 fully saturated rings. The molecule has 26 heavy (non-hydrogen) atoms. The van der Waals surface area contributed by atoms with Gasteiger partial charge in [-0.15, -0.1) is 0 Å². The van der Waals surface area contributed by atoms with E-state index in [-0.39, 0.29) is 6.61 Å². The fraction of sp³-hybridized carbons (Fsp3) is 0.136. The minimum Gasteiger partial charge on any atom is -0.443 e. The van der Waals surface area contributed by atoms with Crippen molar-refractivity contribution < 1.29 is 14.4 Å². The van der Waals surface area contributed by atoms with Gasteiger partial charge >= 0.3 is 6.09 Å². The highest BCUT2D eigenvalue weighted by Crippen LogP contribution is 2.19. The zero-order valence-electron chi connectivity index (χ0n) is 14.7. The van der Waals surface area contributed by atoms with Crippen molar-refractivity contribution in [2.24, 2.45) is 0 Å². The van der Waals surface area contributed by atoms with Crippen LogP contribution < -0.4 is 0 Å². The highest BCUT2D eigenvalue weighted by Gasteiger charge is 2.11. The van der Waals surface area contributed by atoms with Crippen LogP contribution in [0.2, 0.25) is 0 Å². The van der Waals surface area contributed by atoms with E-state index in [4.69, 9.17) is 9.57 Å². The van der Waals surface area contributed by atoms with E-state index in [1.54, 1.807) is 7.05 Å². The Hall–Kier alpha value is -3.11. The van der Waals surface area contributed by atoms with Crippen LogP contribution in [-0.2, 0) is 22.8 Å². The van der Waals surface area contributed by atoms with Crippen LogP contribution in [0.3, 0.4) is 0 Å². The van der Waals surface area contributed by atoms with Crippen LogP contribution in [0, 0.1) is 0 Å².